The van der Waals surface area contributed by atoms with Crippen LogP contribution in [0.5, 0.6) is 0 Å². The van der Waals surface area contributed by atoms with E-state index >= 15 is 0 Å². The fraction of sp³-hybridized carbons (Fsp3) is 0.250. The highest BCUT2D eigenvalue weighted by atomic mass is 35.5. The summed E-state index contributed by atoms with van der Waals surface area (Å²) in [6, 6.07) is 7.36. The number of thioether (sulfide) groups is 1. The van der Waals surface area contributed by atoms with Crippen LogP contribution in [0.1, 0.15) is 19.4 Å². The van der Waals surface area contributed by atoms with Crippen molar-refractivity contribution in [3.63, 3.8) is 0 Å². The fourth-order valence-corrected chi connectivity index (χ4v) is 2.25. The second-order valence-electron chi connectivity index (χ2n) is 3.85. The van der Waals surface area contributed by atoms with Gasteiger partial charge >= 0.3 is 0 Å². The lowest BCUT2D eigenvalue weighted by atomic mass is 10.1. The summed E-state index contributed by atoms with van der Waals surface area (Å²) in [6.45, 7) is 3.69. The molecule has 1 saturated heterocycles. The van der Waals surface area contributed by atoms with E-state index in [2.05, 4.69) is 15.5 Å². The number of nitrogens with one attached hydrogen (secondary N) is 1. The molecule has 0 aromatic heterocycles. The molecule has 1 aromatic carbocycles. The number of halogens is 1. The standard InChI is InChI=1S/C12H12ClN3OS/c1-7(9-3-5-10(13)6-4-9)15-16-12-14-11(17)8(2)18-12/h3-6,8H,1-2H3,(H,14,16,17)/b15-7-. The van der Waals surface area contributed by atoms with Gasteiger partial charge in [0, 0.05) is 5.02 Å². The molecule has 1 N–H and O–H groups in total. The monoisotopic (exact) mass is 281 g/mol. The van der Waals surface area contributed by atoms with Gasteiger partial charge in [-0.25, -0.2) is 0 Å². The second-order valence-corrected chi connectivity index (χ2v) is 5.61. The summed E-state index contributed by atoms with van der Waals surface area (Å²) in [5, 5.41) is 11.9. The van der Waals surface area contributed by atoms with Crippen LogP contribution in [-0.2, 0) is 4.79 Å². The van der Waals surface area contributed by atoms with Gasteiger partial charge in [0.25, 0.3) is 0 Å². The Morgan fingerprint density at radius 3 is 2.61 bits per heavy atom. The molecular weight excluding hydrogens is 270 g/mol. The van der Waals surface area contributed by atoms with E-state index < -0.39 is 0 Å². The molecule has 1 atom stereocenters. The van der Waals surface area contributed by atoms with Gasteiger partial charge < -0.3 is 5.32 Å². The smallest absolute Gasteiger partial charge is 0.239 e. The zero-order chi connectivity index (χ0) is 13.1. The van der Waals surface area contributed by atoms with E-state index in [1.165, 1.54) is 11.8 Å². The van der Waals surface area contributed by atoms with E-state index in [1.807, 2.05) is 26.0 Å². The molecule has 1 aliphatic rings. The molecule has 18 heavy (non-hydrogen) atoms. The van der Waals surface area contributed by atoms with Crippen LogP contribution in [0.15, 0.2) is 34.5 Å². The Labute approximate surface area is 115 Å². The normalized spacial score (nSPS) is 22.4. The topological polar surface area (TPSA) is 53.8 Å². The number of benzene rings is 1. The van der Waals surface area contributed by atoms with Crippen LogP contribution in [0.2, 0.25) is 5.02 Å². The molecule has 2 rings (SSSR count). The van der Waals surface area contributed by atoms with Gasteiger partial charge in [0.2, 0.25) is 5.91 Å². The van der Waals surface area contributed by atoms with Gasteiger partial charge in [0.05, 0.1) is 11.0 Å². The first kappa shape index (κ1) is 13.1. The van der Waals surface area contributed by atoms with Crippen LogP contribution >= 0.6 is 23.4 Å². The average molecular weight is 282 g/mol. The van der Waals surface area contributed by atoms with Crippen molar-refractivity contribution < 1.29 is 4.79 Å². The lowest BCUT2D eigenvalue weighted by Crippen LogP contribution is -2.23. The number of amides is 1. The number of nitrogens with zero attached hydrogens (tertiary/aromatic N) is 2. The van der Waals surface area contributed by atoms with Crippen LogP contribution in [0, 0.1) is 0 Å². The summed E-state index contributed by atoms with van der Waals surface area (Å²) in [6.07, 6.45) is 0. The van der Waals surface area contributed by atoms with E-state index in [0.29, 0.717) is 10.2 Å². The Balaban J connectivity index is 2.12. The molecule has 0 saturated carbocycles. The third-order valence-corrected chi connectivity index (χ3v) is 3.67. The Morgan fingerprint density at radius 1 is 1.39 bits per heavy atom. The van der Waals surface area contributed by atoms with Gasteiger partial charge in [-0.2, -0.15) is 5.10 Å². The maximum absolute atomic E-state index is 11.3. The lowest BCUT2D eigenvalue weighted by Gasteiger charge is -1.98. The van der Waals surface area contributed by atoms with Crippen LogP contribution in [0.3, 0.4) is 0 Å². The molecule has 1 aromatic rings. The number of hydrogen-bond donors (Lipinski definition) is 1. The molecule has 1 unspecified atom stereocenters. The van der Waals surface area contributed by atoms with Crippen molar-refractivity contribution in [3.05, 3.63) is 34.9 Å². The van der Waals surface area contributed by atoms with Gasteiger partial charge in [0.1, 0.15) is 0 Å². The number of hydrogen-bond acceptors (Lipinski definition) is 4. The average Bonchev–Trinajstić information content (AvgIpc) is 2.67. The van der Waals surface area contributed by atoms with Gasteiger partial charge in [-0.3, -0.25) is 4.79 Å². The molecular formula is C12H12ClN3OS. The third-order valence-electron chi connectivity index (χ3n) is 2.44. The van der Waals surface area contributed by atoms with Crippen molar-refractivity contribution in [1.29, 1.82) is 0 Å². The van der Waals surface area contributed by atoms with Gasteiger partial charge in [0.15, 0.2) is 5.17 Å². The molecule has 1 heterocycles. The summed E-state index contributed by atoms with van der Waals surface area (Å²) in [5.41, 5.74) is 1.72. The molecule has 1 aliphatic heterocycles. The molecule has 6 heteroatoms. The molecule has 0 spiro atoms. The number of carbonyl (C=O) groups is 1. The van der Waals surface area contributed by atoms with Crippen LogP contribution in [0.25, 0.3) is 0 Å². The predicted octanol–water partition coefficient (Wildman–Crippen LogP) is 2.67. The van der Waals surface area contributed by atoms with Crippen LogP contribution in [0.4, 0.5) is 0 Å². The number of amidine groups is 1. The first-order chi connectivity index (χ1) is 8.56. The first-order valence-corrected chi connectivity index (χ1v) is 6.68. The third kappa shape index (κ3) is 3.11. The van der Waals surface area contributed by atoms with Crippen molar-refractivity contribution in [2.75, 3.05) is 0 Å². The summed E-state index contributed by atoms with van der Waals surface area (Å²) in [5.74, 6) is -0.0295. The maximum atomic E-state index is 11.3. The Morgan fingerprint density at radius 2 is 2.06 bits per heavy atom. The maximum Gasteiger partial charge on any atom is 0.239 e. The first-order valence-electron chi connectivity index (χ1n) is 5.42. The van der Waals surface area contributed by atoms with E-state index in [4.69, 9.17) is 11.6 Å². The van der Waals surface area contributed by atoms with Crippen molar-refractivity contribution in [2.24, 2.45) is 10.2 Å². The largest absolute Gasteiger partial charge is 0.303 e. The molecule has 0 aliphatic carbocycles. The highest BCUT2D eigenvalue weighted by Crippen LogP contribution is 2.18. The van der Waals surface area contributed by atoms with E-state index in [1.54, 1.807) is 12.1 Å². The Bertz CT molecular complexity index is 525. The van der Waals surface area contributed by atoms with E-state index in [0.717, 1.165) is 11.3 Å². The minimum absolute atomic E-state index is 0.0295. The number of carbonyl (C=O) groups excluding carboxylic acids is 1. The molecule has 1 amide bonds. The predicted molar refractivity (Wildman–Crippen MR) is 76.3 cm³/mol. The minimum Gasteiger partial charge on any atom is -0.303 e. The summed E-state index contributed by atoms with van der Waals surface area (Å²) in [7, 11) is 0. The van der Waals surface area contributed by atoms with Crippen molar-refractivity contribution in [1.82, 2.24) is 5.32 Å². The molecule has 0 bridgehead atoms. The second kappa shape index (κ2) is 5.54. The van der Waals surface area contributed by atoms with Crippen LogP contribution in [-0.4, -0.2) is 22.0 Å². The fourth-order valence-electron chi connectivity index (χ4n) is 1.38. The highest BCUT2D eigenvalue weighted by molar-refractivity contribution is 8.15. The molecule has 4 nitrogen and oxygen atoms in total. The van der Waals surface area contributed by atoms with Gasteiger partial charge in [-0.15, -0.1) is 5.10 Å². The zero-order valence-electron chi connectivity index (χ0n) is 9.98. The lowest BCUT2D eigenvalue weighted by molar-refractivity contribution is -0.118. The van der Waals surface area contributed by atoms with Gasteiger partial charge in [-0.05, 0) is 31.5 Å². The van der Waals surface area contributed by atoms with Crippen molar-refractivity contribution >= 4 is 40.1 Å². The number of rotatable bonds is 2. The molecule has 1 fully saturated rings. The quantitative estimate of drug-likeness (QED) is 0.669. The Hall–Kier alpha value is -1.33. The SMILES string of the molecule is C/C(=N/N=C1\NC(=O)C(C)S1)c1ccc(Cl)cc1. The minimum atomic E-state index is -0.102. The van der Waals surface area contributed by atoms with Crippen molar-refractivity contribution in [3.8, 4) is 0 Å². The summed E-state index contributed by atoms with van der Waals surface area (Å²) < 4.78 is 0. The Kier molecular flexibility index (Phi) is 4.04. The van der Waals surface area contributed by atoms with E-state index in [9.17, 15) is 4.79 Å². The van der Waals surface area contributed by atoms with E-state index in [-0.39, 0.29) is 11.2 Å². The molecule has 94 valence electrons. The van der Waals surface area contributed by atoms with Crippen molar-refractivity contribution in [2.45, 2.75) is 19.1 Å². The zero-order valence-corrected chi connectivity index (χ0v) is 11.5. The summed E-state index contributed by atoms with van der Waals surface area (Å²) >= 11 is 7.19. The van der Waals surface area contributed by atoms with Crippen LogP contribution < -0.4 is 5.32 Å². The molecule has 0 radical (unpaired) electrons. The van der Waals surface area contributed by atoms with Gasteiger partial charge in [-0.1, -0.05) is 35.5 Å². The highest BCUT2D eigenvalue weighted by Gasteiger charge is 2.25. The summed E-state index contributed by atoms with van der Waals surface area (Å²) in [4.78, 5) is 11.3.